The minimum atomic E-state index is -0.373. The first-order valence-corrected chi connectivity index (χ1v) is 8.76. The zero-order chi connectivity index (χ0) is 18.8. The third-order valence-corrected chi connectivity index (χ3v) is 4.76. The van der Waals surface area contributed by atoms with Crippen LogP contribution in [0.4, 0.5) is 5.69 Å². The molecule has 26 heavy (non-hydrogen) atoms. The van der Waals surface area contributed by atoms with Gasteiger partial charge in [0.25, 0.3) is 5.56 Å². The molecule has 0 radical (unpaired) electrons. The number of nitrogens with one attached hydrogen (secondary N) is 1. The molecule has 0 saturated carbocycles. The molecule has 0 spiro atoms. The molecule has 6 heteroatoms. The lowest BCUT2D eigenvalue weighted by molar-refractivity contribution is 0.698. The van der Waals surface area contributed by atoms with Crippen LogP contribution in [-0.2, 0) is 20.5 Å². The molecule has 2 heterocycles. The van der Waals surface area contributed by atoms with Gasteiger partial charge in [0.1, 0.15) is 5.39 Å². The SMILES string of the molecule is Cc1cnc2c(c1NC(C)CCc1ccccc1)c(=O)n(C)c(=O)n2C. The van der Waals surface area contributed by atoms with Gasteiger partial charge in [-0.05, 0) is 37.8 Å². The molecule has 0 aliphatic rings. The maximum absolute atomic E-state index is 12.7. The number of pyridine rings is 1. The number of aryl methyl sites for hydroxylation is 3. The van der Waals surface area contributed by atoms with Crippen LogP contribution < -0.4 is 16.6 Å². The summed E-state index contributed by atoms with van der Waals surface area (Å²) >= 11 is 0. The molecule has 136 valence electrons. The normalized spacial score (nSPS) is 12.3. The van der Waals surface area contributed by atoms with Crippen LogP contribution in [0.15, 0.2) is 46.1 Å². The highest BCUT2D eigenvalue weighted by Crippen LogP contribution is 2.23. The first-order chi connectivity index (χ1) is 12.4. The van der Waals surface area contributed by atoms with Crippen molar-refractivity contribution in [1.82, 2.24) is 14.1 Å². The monoisotopic (exact) mass is 352 g/mol. The molecule has 3 aromatic rings. The Morgan fingerprint density at radius 2 is 1.81 bits per heavy atom. The van der Waals surface area contributed by atoms with Crippen molar-refractivity contribution < 1.29 is 0 Å². The van der Waals surface area contributed by atoms with Crippen molar-refractivity contribution in [2.45, 2.75) is 32.7 Å². The van der Waals surface area contributed by atoms with E-state index in [4.69, 9.17) is 0 Å². The molecule has 0 fully saturated rings. The van der Waals surface area contributed by atoms with Crippen LogP contribution >= 0.6 is 0 Å². The maximum Gasteiger partial charge on any atom is 0.332 e. The molecule has 1 N–H and O–H groups in total. The number of hydrogen-bond donors (Lipinski definition) is 1. The Balaban J connectivity index is 1.96. The topological polar surface area (TPSA) is 68.9 Å². The summed E-state index contributed by atoms with van der Waals surface area (Å²) in [6.07, 6.45) is 3.58. The minimum Gasteiger partial charge on any atom is -0.382 e. The molecule has 6 nitrogen and oxygen atoms in total. The Morgan fingerprint density at radius 3 is 2.50 bits per heavy atom. The maximum atomic E-state index is 12.7. The van der Waals surface area contributed by atoms with Crippen molar-refractivity contribution in [3.63, 3.8) is 0 Å². The molecule has 0 saturated heterocycles. The quantitative estimate of drug-likeness (QED) is 0.765. The van der Waals surface area contributed by atoms with Crippen molar-refractivity contribution in [3.05, 3.63) is 68.5 Å². The van der Waals surface area contributed by atoms with Crippen molar-refractivity contribution in [1.29, 1.82) is 0 Å². The second-order valence-electron chi connectivity index (χ2n) is 6.79. The largest absolute Gasteiger partial charge is 0.382 e. The van der Waals surface area contributed by atoms with Crippen LogP contribution in [0.1, 0.15) is 24.5 Å². The number of rotatable bonds is 5. The fourth-order valence-corrected chi connectivity index (χ4v) is 3.16. The van der Waals surface area contributed by atoms with Crippen molar-refractivity contribution in [3.8, 4) is 0 Å². The van der Waals surface area contributed by atoms with Gasteiger partial charge >= 0.3 is 5.69 Å². The third kappa shape index (κ3) is 3.27. The zero-order valence-corrected chi connectivity index (χ0v) is 15.6. The minimum absolute atomic E-state index is 0.168. The molecule has 1 unspecified atom stereocenters. The van der Waals surface area contributed by atoms with E-state index in [1.165, 1.54) is 17.2 Å². The highest BCUT2D eigenvalue weighted by molar-refractivity contribution is 5.90. The molecule has 0 bridgehead atoms. The smallest absolute Gasteiger partial charge is 0.332 e. The highest BCUT2D eigenvalue weighted by atomic mass is 16.2. The van der Waals surface area contributed by atoms with E-state index in [1.54, 1.807) is 13.2 Å². The molecular formula is C20H24N4O2. The van der Waals surface area contributed by atoms with E-state index >= 15 is 0 Å². The molecule has 2 aromatic heterocycles. The summed E-state index contributed by atoms with van der Waals surface area (Å²) in [7, 11) is 3.13. The van der Waals surface area contributed by atoms with Crippen molar-refractivity contribution in [2.75, 3.05) is 5.32 Å². The second-order valence-corrected chi connectivity index (χ2v) is 6.79. The van der Waals surface area contributed by atoms with Crippen LogP contribution in [0.3, 0.4) is 0 Å². The van der Waals surface area contributed by atoms with Crippen LogP contribution in [0.25, 0.3) is 11.0 Å². The first kappa shape index (κ1) is 17.9. The molecule has 0 aliphatic heterocycles. The average Bonchev–Trinajstić information content (AvgIpc) is 2.65. The van der Waals surface area contributed by atoms with E-state index in [2.05, 4.69) is 29.4 Å². The number of anilines is 1. The number of benzene rings is 1. The van der Waals surface area contributed by atoms with Gasteiger partial charge in [-0.1, -0.05) is 30.3 Å². The van der Waals surface area contributed by atoms with Crippen LogP contribution in [0.5, 0.6) is 0 Å². The number of fused-ring (bicyclic) bond motifs is 1. The van der Waals surface area contributed by atoms with Crippen molar-refractivity contribution >= 4 is 16.7 Å². The summed E-state index contributed by atoms with van der Waals surface area (Å²) in [5.41, 5.74) is 2.64. The summed E-state index contributed by atoms with van der Waals surface area (Å²) in [5.74, 6) is 0. The Morgan fingerprint density at radius 1 is 1.12 bits per heavy atom. The van der Waals surface area contributed by atoms with Gasteiger partial charge in [-0.25, -0.2) is 9.78 Å². The fraction of sp³-hybridized carbons (Fsp3) is 0.350. The Hall–Kier alpha value is -2.89. The van der Waals surface area contributed by atoms with E-state index in [1.807, 2.05) is 25.1 Å². The number of hydrogen-bond acceptors (Lipinski definition) is 4. The Kier molecular flexibility index (Phi) is 4.93. The lowest BCUT2D eigenvalue weighted by Crippen LogP contribution is -2.38. The van der Waals surface area contributed by atoms with E-state index in [0.717, 1.165) is 28.7 Å². The van der Waals surface area contributed by atoms with Gasteiger partial charge in [-0.15, -0.1) is 0 Å². The van der Waals surface area contributed by atoms with Crippen LogP contribution in [-0.4, -0.2) is 20.2 Å². The lowest BCUT2D eigenvalue weighted by atomic mass is 10.1. The number of nitrogens with zero attached hydrogens (tertiary/aromatic N) is 3. The molecule has 0 amide bonds. The summed E-state index contributed by atoms with van der Waals surface area (Å²) in [5, 5.41) is 3.93. The highest BCUT2D eigenvalue weighted by Gasteiger charge is 2.17. The molecular weight excluding hydrogens is 328 g/mol. The van der Waals surface area contributed by atoms with E-state index in [9.17, 15) is 9.59 Å². The average molecular weight is 352 g/mol. The summed E-state index contributed by atoms with van der Waals surface area (Å²) in [6.45, 7) is 4.02. The molecule has 1 aromatic carbocycles. The second kappa shape index (κ2) is 7.15. The van der Waals surface area contributed by atoms with Crippen LogP contribution in [0.2, 0.25) is 0 Å². The van der Waals surface area contributed by atoms with E-state index < -0.39 is 0 Å². The predicted molar refractivity (Wildman–Crippen MR) is 105 cm³/mol. The van der Waals surface area contributed by atoms with Crippen LogP contribution in [0, 0.1) is 6.92 Å². The van der Waals surface area contributed by atoms with Crippen molar-refractivity contribution in [2.24, 2.45) is 14.1 Å². The predicted octanol–water partition coefficient (Wildman–Crippen LogP) is 2.37. The van der Waals surface area contributed by atoms with Gasteiger partial charge in [0, 0.05) is 26.3 Å². The van der Waals surface area contributed by atoms with Gasteiger partial charge in [0.2, 0.25) is 0 Å². The Bertz CT molecular complexity index is 1050. The van der Waals surface area contributed by atoms with Gasteiger partial charge in [0.15, 0.2) is 5.65 Å². The van der Waals surface area contributed by atoms with E-state index in [-0.39, 0.29) is 17.3 Å². The van der Waals surface area contributed by atoms with Gasteiger partial charge < -0.3 is 5.32 Å². The first-order valence-electron chi connectivity index (χ1n) is 8.76. The zero-order valence-electron chi connectivity index (χ0n) is 15.6. The number of aromatic nitrogens is 3. The lowest BCUT2D eigenvalue weighted by Gasteiger charge is -2.19. The fourth-order valence-electron chi connectivity index (χ4n) is 3.16. The Labute approximate surface area is 152 Å². The van der Waals surface area contributed by atoms with E-state index in [0.29, 0.717) is 11.0 Å². The molecule has 0 aliphatic carbocycles. The summed E-state index contributed by atoms with van der Waals surface area (Å²) in [6, 6.07) is 10.5. The standard InChI is InChI=1S/C20H24N4O2/c1-13-12-21-18-16(19(25)24(4)20(26)23(18)3)17(13)22-14(2)10-11-15-8-6-5-7-9-15/h5-9,12,14H,10-11H2,1-4H3,(H,21,22). The van der Waals surface area contributed by atoms with Gasteiger partial charge in [-0.2, -0.15) is 0 Å². The third-order valence-electron chi connectivity index (χ3n) is 4.76. The summed E-state index contributed by atoms with van der Waals surface area (Å²) in [4.78, 5) is 29.2. The molecule has 3 rings (SSSR count). The van der Waals surface area contributed by atoms with Gasteiger partial charge in [-0.3, -0.25) is 13.9 Å². The summed E-state index contributed by atoms with van der Waals surface area (Å²) < 4.78 is 2.54. The van der Waals surface area contributed by atoms with Gasteiger partial charge in [0.05, 0.1) is 5.69 Å². The molecule has 1 atom stereocenters.